The number of carboxylic acid groups (broad SMARTS) is 1. The van der Waals surface area contributed by atoms with E-state index in [9.17, 15) is 27.9 Å². The Hall–Kier alpha value is -2.98. The molecule has 1 aliphatic rings. The highest BCUT2D eigenvalue weighted by Crippen LogP contribution is 2.49. The number of hydrogen-bond donors (Lipinski definition) is 1. The Balaban J connectivity index is 2.01. The van der Waals surface area contributed by atoms with Gasteiger partial charge in [0, 0.05) is 41.6 Å². The SMILES string of the molecule is CC(=O)N(C)N(C(=O)O)c1cccc(C2=NOC(c3cc(Cl)cc(Cl)c3)(C(F)(F)F)C2)c1. The Kier molecular flexibility index (Phi) is 6.30. The standard InChI is InChI=1S/C20H16Cl2F3N3O4/c1-11(29)27(2)28(18(30)31)16-5-3-4-12(6-16)17-10-19(32-26-17,20(23,24)25)13-7-14(21)9-15(22)8-13/h3-9H,10H2,1-2H3,(H,30,31). The van der Waals surface area contributed by atoms with E-state index in [-0.39, 0.29) is 32.6 Å². The molecular formula is C20H16Cl2F3N3O4. The number of benzene rings is 2. The second-order valence-electron chi connectivity index (χ2n) is 6.98. The van der Waals surface area contributed by atoms with Crippen molar-refractivity contribution < 1.29 is 32.7 Å². The summed E-state index contributed by atoms with van der Waals surface area (Å²) in [5.41, 5.74) is -3.00. The molecule has 1 atom stereocenters. The van der Waals surface area contributed by atoms with Gasteiger partial charge in [0.2, 0.25) is 5.91 Å². The zero-order chi connectivity index (χ0) is 23.8. The minimum absolute atomic E-state index is 0.000424. The summed E-state index contributed by atoms with van der Waals surface area (Å²) >= 11 is 11.8. The van der Waals surface area contributed by atoms with E-state index >= 15 is 0 Å². The number of alkyl halides is 3. The molecule has 12 heteroatoms. The van der Waals surface area contributed by atoms with Crippen LogP contribution in [-0.2, 0) is 15.2 Å². The molecule has 2 aromatic rings. The maximum absolute atomic E-state index is 14.1. The average molecular weight is 490 g/mol. The van der Waals surface area contributed by atoms with Crippen molar-refractivity contribution in [2.45, 2.75) is 25.1 Å². The highest BCUT2D eigenvalue weighted by atomic mass is 35.5. The Labute approximate surface area is 190 Å². The summed E-state index contributed by atoms with van der Waals surface area (Å²) in [4.78, 5) is 28.3. The molecule has 1 N–H and O–H groups in total. The van der Waals surface area contributed by atoms with Gasteiger partial charge in [-0.25, -0.2) is 9.80 Å². The van der Waals surface area contributed by atoms with E-state index in [0.717, 1.165) is 17.1 Å². The first-order valence-corrected chi connectivity index (χ1v) is 9.77. The minimum Gasteiger partial charge on any atom is -0.463 e. The van der Waals surface area contributed by atoms with Crippen molar-refractivity contribution in [3.05, 3.63) is 63.6 Å². The molecule has 1 unspecified atom stereocenters. The fourth-order valence-corrected chi connectivity index (χ4v) is 3.74. The molecular weight excluding hydrogens is 474 g/mol. The van der Waals surface area contributed by atoms with Crippen LogP contribution in [0.5, 0.6) is 0 Å². The maximum atomic E-state index is 14.1. The van der Waals surface area contributed by atoms with Gasteiger partial charge in [-0.15, -0.1) is 0 Å². The molecule has 0 saturated heterocycles. The van der Waals surface area contributed by atoms with Crippen molar-refractivity contribution in [1.29, 1.82) is 0 Å². The smallest absolute Gasteiger partial charge is 0.435 e. The van der Waals surface area contributed by atoms with Gasteiger partial charge < -0.3 is 9.94 Å². The number of carbonyl (C=O) groups is 2. The van der Waals surface area contributed by atoms with Gasteiger partial charge in [0.1, 0.15) is 0 Å². The minimum atomic E-state index is -4.87. The number of carbonyl (C=O) groups excluding carboxylic acids is 1. The predicted molar refractivity (Wildman–Crippen MR) is 112 cm³/mol. The quantitative estimate of drug-likeness (QED) is 0.580. The van der Waals surface area contributed by atoms with Crippen LogP contribution in [0, 0.1) is 0 Å². The number of oxime groups is 1. The summed E-state index contributed by atoms with van der Waals surface area (Å²) in [7, 11) is 1.25. The summed E-state index contributed by atoms with van der Waals surface area (Å²) < 4.78 is 42.4. The zero-order valence-corrected chi connectivity index (χ0v) is 18.2. The molecule has 0 fully saturated rings. The fraction of sp³-hybridized carbons (Fsp3) is 0.250. The van der Waals surface area contributed by atoms with E-state index in [1.807, 2.05) is 0 Å². The molecule has 32 heavy (non-hydrogen) atoms. The van der Waals surface area contributed by atoms with Gasteiger partial charge in [-0.2, -0.15) is 18.2 Å². The summed E-state index contributed by atoms with van der Waals surface area (Å²) in [6.07, 6.45) is -7.03. The van der Waals surface area contributed by atoms with Crippen molar-refractivity contribution in [3.8, 4) is 0 Å². The maximum Gasteiger partial charge on any atom is 0.435 e. The van der Waals surface area contributed by atoms with Crippen LogP contribution in [0.15, 0.2) is 47.6 Å². The Morgan fingerprint density at radius 3 is 2.31 bits per heavy atom. The number of nitrogens with zero attached hydrogens (tertiary/aromatic N) is 3. The van der Waals surface area contributed by atoms with E-state index in [1.165, 1.54) is 44.3 Å². The normalized spacial score (nSPS) is 18.0. The molecule has 0 spiro atoms. The summed E-state index contributed by atoms with van der Waals surface area (Å²) in [5, 5.41) is 14.7. The number of halogens is 5. The molecule has 3 rings (SSSR count). The highest BCUT2D eigenvalue weighted by Gasteiger charge is 2.62. The molecule has 170 valence electrons. The van der Waals surface area contributed by atoms with Gasteiger partial charge in [-0.3, -0.25) is 4.79 Å². The van der Waals surface area contributed by atoms with Crippen molar-refractivity contribution in [2.75, 3.05) is 12.1 Å². The highest BCUT2D eigenvalue weighted by molar-refractivity contribution is 6.34. The second kappa shape index (κ2) is 8.51. The zero-order valence-electron chi connectivity index (χ0n) is 16.7. The van der Waals surface area contributed by atoms with Crippen LogP contribution in [0.2, 0.25) is 10.0 Å². The van der Waals surface area contributed by atoms with Crippen molar-refractivity contribution in [2.24, 2.45) is 5.16 Å². The van der Waals surface area contributed by atoms with Gasteiger partial charge in [0.25, 0.3) is 5.60 Å². The van der Waals surface area contributed by atoms with E-state index < -0.39 is 30.2 Å². The van der Waals surface area contributed by atoms with Crippen LogP contribution in [0.4, 0.5) is 23.7 Å². The first-order valence-electron chi connectivity index (χ1n) is 9.02. The summed E-state index contributed by atoms with van der Waals surface area (Å²) in [5.74, 6) is -0.562. The Bertz CT molecular complexity index is 1090. The van der Waals surface area contributed by atoms with E-state index in [0.29, 0.717) is 5.01 Å². The molecule has 0 radical (unpaired) electrons. The molecule has 2 aromatic carbocycles. The number of rotatable bonds is 3. The predicted octanol–water partition coefficient (Wildman–Crippen LogP) is 5.45. The average Bonchev–Trinajstić information content (AvgIpc) is 3.14. The molecule has 0 bridgehead atoms. The lowest BCUT2D eigenvalue weighted by atomic mass is 9.86. The lowest BCUT2D eigenvalue weighted by Gasteiger charge is -2.30. The largest absolute Gasteiger partial charge is 0.463 e. The van der Waals surface area contributed by atoms with Gasteiger partial charge in [0.05, 0.1) is 11.4 Å². The first kappa shape index (κ1) is 23.7. The van der Waals surface area contributed by atoms with Crippen molar-refractivity contribution in [3.63, 3.8) is 0 Å². The molecule has 0 aliphatic carbocycles. The van der Waals surface area contributed by atoms with Gasteiger partial charge >= 0.3 is 12.3 Å². The van der Waals surface area contributed by atoms with E-state index in [1.54, 1.807) is 0 Å². The van der Waals surface area contributed by atoms with Crippen LogP contribution in [-0.4, -0.2) is 41.1 Å². The van der Waals surface area contributed by atoms with Crippen LogP contribution in [0.1, 0.15) is 24.5 Å². The van der Waals surface area contributed by atoms with Crippen LogP contribution in [0.3, 0.4) is 0 Å². The molecule has 2 amide bonds. The lowest BCUT2D eigenvalue weighted by Crippen LogP contribution is -2.46. The number of amides is 2. The topological polar surface area (TPSA) is 82.4 Å². The van der Waals surface area contributed by atoms with Gasteiger partial charge in [-0.05, 0) is 30.3 Å². The fourth-order valence-electron chi connectivity index (χ4n) is 3.22. The van der Waals surface area contributed by atoms with E-state index in [2.05, 4.69) is 5.16 Å². The molecule has 1 aliphatic heterocycles. The van der Waals surface area contributed by atoms with Crippen LogP contribution < -0.4 is 5.01 Å². The lowest BCUT2D eigenvalue weighted by molar-refractivity contribution is -0.275. The summed E-state index contributed by atoms with van der Waals surface area (Å²) in [6, 6.07) is 9.07. The Morgan fingerprint density at radius 1 is 1.16 bits per heavy atom. The molecule has 1 heterocycles. The first-order chi connectivity index (χ1) is 14.9. The second-order valence-corrected chi connectivity index (χ2v) is 7.85. The van der Waals surface area contributed by atoms with Crippen molar-refractivity contribution in [1.82, 2.24) is 5.01 Å². The number of hydrazine groups is 1. The molecule has 0 aromatic heterocycles. The number of anilines is 1. The number of hydrogen-bond acceptors (Lipinski definition) is 4. The molecule has 0 saturated carbocycles. The van der Waals surface area contributed by atoms with Gasteiger partial charge in [-0.1, -0.05) is 40.5 Å². The molecule has 7 nitrogen and oxygen atoms in total. The van der Waals surface area contributed by atoms with Crippen LogP contribution in [0.25, 0.3) is 0 Å². The third-order valence-corrected chi connectivity index (χ3v) is 5.31. The Morgan fingerprint density at radius 2 is 1.78 bits per heavy atom. The summed E-state index contributed by atoms with van der Waals surface area (Å²) in [6.45, 7) is 1.17. The third kappa shape index (κ3) is 4.33. The van der Waals surface area contributed by atoms with E-state index in [4.69, 9.17) is 28.0 Å². The van der Waals surface area contributed by atoms with Gasteiger partial charge in [0.15, 0.2) is 0 Å². The monoisotopic (exact) mass is 489 g/mol. The van der Waals surface area contributed by atoms with Crippen LogP contribution >= 0.6 is 23.2 Å². The third-order valence-electron chi connectivity index (χ3n) is 4.88. The van der Waals surface area contributed by atoms with Crippen molar-refractivity contribution >= 4 is 46.6 Å².